The number of rotatable bonds is 8. The molecule has 0 bridgehead atoms. The number of furan rings is 1. The van der Waals surface area contributed by atoms with Gasteiger partial charge in [0.05, 0.1) is 18.4 Å². The number of alkyl halides is 3. The van der Waals surface area contributed by atoms with Gasteiger partial charge in [-0.05, 0) is 66.7 Å². The smallest absolute Gasteiger partial charge is 0.416 e. The van der Waals surface area contributed by atoms with Gasteiger partial charge in [-0.15, -0.1) is 0 Å². The number of carbonyl (C=O) groups excluding carboxylic acids is 3. The molecule has 0 atom stereocenters. The Kier molecular flexibility index (Phi) is 7.47. The highest BCUT2D eigenvalue weighted by atomic mass is 32.2. The number of anilines is 2. The van der Waals surface area contributed by atoms with Crippen molar-refractivity contribution in [3.05, 3.63) is 125 Å². The van der Waals surface area contributed by atoms with Crippen LogP contribution >= 0.6 is 11.8 Å². The molecule has 11 heteroatoms. The van der Waals surface area contributed by atoms with Crippen molar-refractivity contribution in [1.29, 1.82) is 0 Å². The Labute approximate surface area is 230 Å². The Morgan fingerprint density at radius 2 is 1.57 bits per heavy atom. The Balaban J connectivity index is 1.37. The minimum Gasteiger partial charge on any atom is -0.467 e. The van der Waals surface area contributed by atoms with Crippen molar-refractivity contribution in [3.63, 3.8) is 0 Å². The van der Waals surface area contributed by atoms with E-state index in [0.717, 1.165) is 40.9 Å². The van der Waals surface area contributed by atoms with Crippen LogP contribution in [0.25, 0.3) is 0 Å². The summed E-state index contributed by atoms with van der Waals surface area (Å²) in [5, 5.41) is 5.70. The van der Waals surface area contributed by atoms with Crippen molar-refractivity contribution in [2.75, 3.05) is 10.6 Å². The highest BCUT2D eigenvalue weighted by Crippen LogP contribution is 2.37. The summed E-state index contributed by atoms with van der Waals surface area (Å²) in [4.78, 5) is 41.1. The summed E-state index contributed by atoms with van der Waals surface area (Å²) in [6.45, 7) is -0.0437. The zero-order valence-corrected chi connectivity index (χ0v) is 21.4. The van der Waals surface area contributed by atoms with Gasteiger partial charge in [0.2, 0.25) is 0 Å². The van der Waals surface area contributed by atoms with Crippen LogP contribution in [0.1, 0.15) is 21.7 Å². The monoisotopic (exact) mass is 563 g/mol. The number of carbonyl (C=O) groups is 3. The van der Waals surface area contributed by atoms with Gasteiger partial charge in [-0.25, -0.2) is 0 Å². The molecule has 4 aromatic rings. The van der Waals surface area contributed by atoms with Crippen molar-refractivity contribution < 1.29 is 32.0 Å². The summed E-state index contributed by atoms with van der Waals surface area (Å²) in [7, 11) is 0. The van der Waals surface area contributed by atoms with Crippen molar-refractivity contribution in [2.45, 2.75) is 17.6 Å². The first kappa shape index (κ1) is 26.8. The van der Waals surface area contributed by atoms with Gasteiger partial charge in [0.1, 0.15) is 16.4 Å². The lowest BCUT2D eigenvalue weighted by Crippen LogP contribution is -2.31. The Bertz CT molecular complexity index is 1590. The van der Waals surface area contributed by atoms with Gasteiger partial charge in [0, 0.05) is 21.8 Å². The van der Waals surface area contributed by atoms with Gasteiger partial charge in [0.25, 0.3) is 17.7 Å². The molecule has 40 heavy (non-hydrogen) atoms. The summed E-state index contributed by atoms with van der Waals surface area (Å²) in [5.41, 5.74) is 0.277. The topological polar surface area (TPSA) is 91.7 Å². The van der Waals surface area contributed by atoms with Gasteiger partial charge >= 0.3 is 6.18 Å². The molecule has 0 saturated carbocycles. The fourth-order valence-electron chi connectivity index (χ4n) is 3.90. The van der Waals surface area contributed by atoms with Crippen LogP contribution in [-0.2, 0) is 22.3 Å². The van der Waals surface area contributed by atoms with E-state index in [9.17, 15) is 27.6 Å². The van der Waals surface area contributed by atoms with Crippen LogP contribution in [0.2, 0.25) is 0 Å². The summed E-state index contributed by atoms with van der Waals surface area (Å²) in [6.07, 6.45) is -3.05. The average molecular weight is 564 g/mol. The third kappa shape index (κ3) is 5.94. The highest BCUT2D eigenvalue weighted by Gasteiger charge is 2.39. The molecule has 0 unspecified atom stereocenters. The number of nitrogens with zero attached hydrogens (tertiary/aromatic N) is 1. The molecule has 1 aliphatic rings. The van der Waals surface area contributed by atoms with Crippen LogP contribution < -0.4 is 10.6 Å². The molecule has 5 rings (SSSR count). The number of thioether (sulfide) groups is 1. The molecule has 2 heterocycles. The molecule has 3 aromatic carbocycles. The predicted molar refractivity (Wildman–Crippen MR) is 143 cm³/mol. The number of hydrogen-bond donors (Lipinski definition) is 2. The molecular weight excluding hydrogens is 543 g/mol. The molecule has 1 aromatic heterocycles. The second-order valence-electron chi connectivity index (χ2n) is 8.63. The van der Waals surface area contributed by atoms with E-state index in [1.807, 2.05) is 6.07 Å². The Hall–Kier alpha value is -4.77. The standard InChI is InChI=1S/C29H20F3N3O4S/c30-29(31,32)19-13-11-18(12-14-19)26(36)34-21-8-4-10-23(16-21)40-25-24(33-20-6-2-1-3-7-20)27(37)35(28(25)38)17-22-9-5-15-39-22/h1-16,33H,17H2,(H,34,36). The molecular formula is C29H20F3N3O4S. The van der Waals surface area contributed by atoms with Crippen LogP contribution in [-0.4, -0.2) is 22.6 Å². The lowest BCUT2D eigenvalue weighted by Gasteiger charge is -2.13. The van der Waals surface area contributed by atoms with Crippen LogP contribution in [0.4, 0.5) is 24.5 Å². The molecule has 7 nitrogen and oxygen atoms in total. The third-order valence-corrected chi connectivity index (χ3v) is 6.92. The van der Waals surface area contributed by atoms with Crippen molar-refractivity contribution in [1.82, 2.24) is 4.90 Å². The minimum atomic E-state index is -4.50. The van der Waals surface area contributed by atoms with Crippen molar-refractivity contribution in [2.24, 2.45) is 0 Å². The first-order chi connectivity index (χ1) is 19.2. The van der Waals surface area contributed by atoms with Gasteiger partial charge in [-0.1, -0.05) is 36.0 Å². The van der Waals surface area contributed by atoms with E-state index in [0.29, 0.717) is 22.0 Å². The number of imide groups is 1. The number of hydrogen-bond acceptors (Lipinski definition) is 6. The van der Waals surface area contributed by atoms with Gasteiger partial charge in [-0.3, -0.25) is 19.3 Å². The van der Waals surface area contributed by atoms with Crippen LogP contribution in [0.3, 0.4) is 0 Å². The normalized spacial score (nSPS) is 13.6. The average Bonchev–Trinajstić information content (AvgIpc) is 3.53. The number of amides is 3. The lowest BCUT2D eigenvalue weighted by atomic mass is 10.1. The molecule has 0 fully saturated rings. The van der Waals surface area contributed by atoms with E-state index in [2.05, 4.69) is 10.6 Å². The van der Waals surface area contributed by atoms with Crippen LogP contribution in [0.5, 0.6) is 0 Å². The quantitative estimate of drug-likeness (QED) is 0.237. The van der Waals surface area contributed by atoms with E-state index < -0.39 is 29.5 Å². The highest BCUT2D eigenvalue weighted by molar-refractivity contribution is 8.04. The second-order valence-corrected chi connectivity index (χ2v) is 9.71. The van der Waals surface area contributed by atoms with E-state index in [4.69, 9.17) is 4.42 Å². The predicted octanol–water partition coefficient (Wildman–Crippen LogP) is 6.54. The molecule has 2 N–H and O–H groups in total. The van der Waals surface area contributed by atoms with Crippen molar-refractivity contribution in [3.8, 4) is 0 Å². The lowest BCUT2D eigenvalue weighted by molar-refractivity contribution is -0.139. The van der Waals surface area contributed by atoms with Gasteiger partial charge < -0.3 is 15.1 Å². The van der Waals surface area contributed by atoms with Crippen LogP contribution in [0, 0.1) is 0 Å². The summed E-state index contributed by atoms with van der Waals surface area (Å²) in [5.74, 6) is -1.18. The maximum atomic E-state index is 13.4. The van der Waals surface area contributed by atoms with E-state index >= 15 is 0 Å². The van der Waals surface area contributed by atoms with E-state index in [1.165, 1.54) is 6.26 Å². The molecule has 1 aliphatic heterocycles. The Morgan fingerprint density at radius 1 is 0.850 bits per heavy atom. The second kappa shape index (κ2) is 11.1. The van der Waals surface area contributed by atoms with Gasteiger partial charge in [-0.2, -0.15) is 13.2 Å². The SMILES string of the molecule is O=C(Nc1cccc(SC2=C(Nc3ccccc3)C(=O)N(Cc3ccco3)C2=O)c1)c1ccc(C(F)(F)F)cc1. The van der Waals surface area contributed by atoms with Gasteiger partial charge in [0.15, 0.2) is 0 Å². The molecule has 0 saturated heterocycles. The number of para-hydroxylation sites is 1. The molecule has 0 aliphatic carbocycles. The molecule has 3 amide bonds. The number of halogens is 3. The molecule has 0 spiro atoms. The summed E-state index contributed by atoms with van der Waals surface area (Å²) < 4.78 is 43.8. The number of nitrogens with one attached hydrogen (secondary N) is 2. The summed E-state index contributed by atoms with van der Waals surface area (Å²) >= 11 is 1.05. The maximum absolute atomic E-state index is 13.4. The largest absolute Gasteiger partial charge is 0.467 e. The maximum Gasteiger partial charge on any atom is 0.416 e. The zero-order valence-electron chi connectivity index (χ0n) is 20.6. The van der Waals surface area contributed by atoms with E-state index in [1.54, 1.807) is 60.7 Å². The van der Waals surface area contributed by atoms with Crippen molar-refractivity contribution >= 4 is 40.9 Å². The Morgan fingerprint density at radius 3 is 2.25 bits per heavy atom. The first-order valence-corrected chi connectivity index (χ1v) is 12.7. The minimum absolute atomic E-state index is 0.0437. The van der Waals surface area contributed by atoms with E-state index in [-0.39, 0.29) is 22.7 Å². The number of benzene rings is 3. The fourth-order valence-corrected chi connectivity index (χ4v) is 4.90. The fraction of sp³-hybridized carbons (Fsp3) is 0.0690. The molecule has 202 valence electrons. The first-order valence-electron chi connectivity index (χ1n) is 11.9. The van der Waals surface area contributed by atoms with Crippen LogP contribution in [0.15, 0.2) is 117 Å². The zero-order chi connectivity index (χ0) is 28.3. The molecule has 0 radical (unpaired) electrons. The summed E-state index contributed by atoms with van der Waals surface area (Å²) in [6, 6.07) is 22.7. The third-order valence-electron chi connectivity index (χ3n) is 5.85.